The van der Waals surface area contributed by atoms with E-state index in [1.165, 1.54) is 5.56 Å². The van der Waals surface area contributed by atoms with Gasteiger partial charge in [0.15, 0.2) is 0 Å². The fourth-order valence-corrected chi connectivity index (χ4v) is 4.27. The zero-order chi connectivity index (χ0) is 19.6. The summed E-state index contributed by atoms with van der Waals surface area (Å²) in [6.45, 7) is 9.65. The van der Waals surface area contributed by atoms with Crippen molar-refractivity contribution in [3.05, 3.63) is 35.4 Å². The van der Waals surface area contributed by atoms with E-state index in [-0.39, 0.29) is 17.2 Å². The van der Waals surface area contributed by atoms with Crippen molar-refractivity contribution < 1.29 is 14.7 Å². The second kappa shape index (κ2) is 8.01. The number of amides is 1. The van der Waals surface area contributed by atoms with Crippen LogP contribution in [0.5, 0.6) is 0 Å². The number of benzene rings is 1. The first-order valence-corrected chi connectivity index (χ1v) is 10.1. The van der Waals surface area contributed by atoms with Gasteiger partial charge in [0.1, 0.15) is 0 Å². The molecule has 5 heteroatoms. The molecule has 2 heterocycles. The monoisotopic (exact) mass is 372 g/mol. The molecule has 0 aliphatic carbocycles. The molecule has 2 aliphatic heterocycles. The Morgan fingerprint density at radius 2 is 1.63 bits per heavy atom. The molecule has 2 fully saturated rings. The van der Waals surface area contributed by atoms with Crippen molar-refractivity contribution in [3.63, 3.8) is 0 Å². The van der Waals surface area contributed by atoms with Crippen LogP contribution in [0.15, 0.2) is 24.3 Å². The van der Waals surface area contributed by atoms with E-state index < -0.39 is 5.97 Å². The second-order valence-electron chi connectivity index (χ2n) is 9.02. The number of carbonyl (C=O) groups is 2. The molecule has 0 radical (unpaired) electrons. The van der Waals surface area contributed by atoms with E-state index in [0.717, 1.165) is 50.9 Å². The van der Waals surface area contributed by atoms with Crippen molar-refractivity contribution in [3.8, 4) is 0 Å². The Morgan fingerprint density at radius 3 is 2.19 bits per heavy atom. The third-order valence-electron chi connectivity index (χ3n) is 6.07. The van der Waals surface area contributed by atoms with E-state index in [1.807, 2.05) is 17.0 Å². The molecule has 1 amide bonds. The molecule has 2 saturated heterocycles. The van der Waals surface area contributed by atoms with E-state index >= 15 is 0 Å². The summed E-state index contributed by atoms with van der Waals surface area (Å²) >= 11 is 0. The van der Waals surface area contributed by atoms with Gasteiger partial charge in [-0.05, 0) is 55.3 Å². The molecule has 27 heavy (non-hydrogen) atoms. The van der Waals surface area contributed by atoms with Gasteiger partial charge < -0.3 is 10.0 Å². The van der Waals surface area contributed by atoms with E-state index in [9.17, 15) is 14.7 Å². The predicted molar refractivity (Wildman–Crippen MR) is 106 cm³/mol. The lowest BCUT2D eigenvalue weighted by Crippen LogP contribution is -2.50. The molecule has 0 spiro atoms. The number of likely N-dealkylation sites (tertiary alicyclic amines) is 2. The first kappa shape index (κ1) is 19.9. The number of hydrogen-bond donors (Lipinski definition) is 1. The van der Waals surface area contributed by atoms with Crippen molar-refractivity contribution in [2.24, 2.45) is 5.92 Å². The summed E-state index contributed by atoms with van der Waals surface area (Å²) in [7, 11) is 0. The van der Waals surface area contributed by atoms with Gasteiger partial charge in [-0.25, -0.2) is 0 Å². The number of carboxylic acids is 1. The van der Waals surface area contributed by atoms with Crippen molar-refractivity contribution in [2.75, 3.05) is 26.2 Å². The van der Waals surface area contributed by atoms with Crippen LogP contribution in [0.4, 0.5) is 0 Å². The van der Waals surface area contributed by atoms with Crippen LogP contribution in [-0.2, 0) is 10.2 Å². The molecule has 1 aromatic carbocycles. The Kier molecular flexibility index (Phi) is 5.89. The topological polar surface area (TPSA) is 60.9 Å². The van der Waals surface area contributed by atoms with Crippen molar-refractivity contribution in [1.82, 2.24) is 9.80 Å². The standard InChI is InChI=1S/C22H32N2O3/c1-22(2,3)18-8-6-16(7-9-18)20(25)23-13-10-19(11-14-23)24-12-4-5-17(15-24)21(26)27/h6-9,17,19H,4-5,10-15H2,1-3H3,(H,26,27). The lowest BCUT2D eigenvalue weighted by molar-refractivity contribution is -0.144. The molecule has 2 aliphatic rings. The number of rotatable bonds is 3. The highest BCUT2D eigenvalue weighted by atomic mass is 16.4. The third kappa shape index (κ3) is 4.70. The Labute approximate surface area is 162 Å². The van der Waals surface area contributed by atoms with Crippen LogP contribution in [0, 0.1) is 5.92 Å². The quantitative estimate of drug-likeness (QED) is 0.884. The largest absolute Gasteiger partial charge is 0.481 e. The van der Waals surface area contributed by atoms with Crippen LogP contribution in [0.25, 0.3) is 0 Å². The summed E-state index contributed by atoms with van der Waals surface area (Å²) in [5.74, 6) is -0.804. The average molecular weight is 373 g/mol. The van der Waals surface area contributed by atoms with E-state index in [2.05, 4.69) is 37.8 Å². The van der Waals surface area contributed by atoms with Gasteiger partial charge in [0.05, 0.1) is 5.92 Å². The van der Waals surface area contributed by atoms with Crippen molar-refractivity contribution >= 4 is 11.9 Å². The number of nitrogens with zero attached hydrogens (tertiary/aromatic N) is 2. The fourth-order valence-electron chi connectivity index (χ4n) is 4.27. The van der Waals surface area contributed by atoms with Crippen molar-refractivity contribution in [2.45, 2.75) is 57.9 Å². The van der Waals surface area contributed by atoms with Gasteiger partial charge in [-0.3, -0.25) is 14.5 Å². The molecule has 1 unspecified atom stereocenters. The Hall–Kier alpha value is -1.88. The Balaban J connectivity index is 1.55. The van der Waals surface area contributed by atoms with Gasteiger partial charge in [-0.1, -0.05) is 32.9 Å². The van der Waals surface area contributed by atoms with Gasteiger partial charge in [0.25, 0.3) is 5.91 Å². The van der Waals surface area contributed by atoms with Gasteiger partial charge in [-0.15, -0.1) is 0 Å². The Morgan fingerprint density at radius 1 is 1.00 bits per heavy atom. The van der Waals surface area contributed by atoms with Gasteiger partial charge in [0, 0.05) is 31.2 Å². The molecular formula is C22H32N2O3. The normalized spacial score (nSPS) is 22.6. The lowest BCUT2D eigenvalue weighted by Gasteiger charge is -2.41. The number of piperidine rings is 2. The number of aliphatic carboxylic acids is 1. The van der Waals surface area contributed by atoms with E-state index in [0.29, 0.717) is 12.6 Å². The molecule has 1 aromatic rings. The maximum atomic E-state index is 12.8. The number of carboxylic acid groups (broad SMARTS) is 1. The van der Waals surface area contributed by atoms with Gasteiger partial charge in [0.2, 0.25) is 0 Å². The first-order valence-electron chi connectivity index (χ1n) is 10.1. The average Bonchev–Trinajstić information content (AvgIpc) is 2.67. The summed E-state index contributed by atoms with van der Waals surface area (Å²) in [5.41, 5.74) is 2.07. The molecule has 1 atom stereocenters. The zero-order valence-corrected chi connectivity index (χ0v) is 16.8. The fraction of sp³-hybridized carbons (Fsp3) is 0.636. The molecular weight excluding hydrogens is 340 g/mol. The SMILES string of the molecule is CC(C)(C)c1ccc(C(=O)N2CCC(N3CCCC(C(=O)O)C3)CC2)cc1. The minimum absolute atomic E-state index is 0.0855. The van der Waals surface area contributed by atoms with Crippen LogP contribution in [0.3, 0.4) is 0 Å². The minimum atomic E-state index is -0.675. The van der Waals surface area contributed by atoms with Crippen LogP contribution >= 0.6 is 0 Å². The maximum absolute atomic E-state index is 12.8. The third-order valence-corrected chi connectivity index (χ3v) is 6.07. The lowest BCUT2D eigenvalue weighted by atomic mass is 9.86. The van der Waals surface area contributed by atoms with Gasteiger partial charge >= 0.3 is 5.97 Å². The maximum Gasteiger partial charge on any atom is 0.307 e. The van der Waals surface area contributed by atoms with Gasteiger partial charge in [-0.2, -0.15) is 0 Å². The zero-order valence-electron chi connectivity index (χ0n) is 16.8. The highest BCUT2D eigenvalue weighted by Crippen LogP contribution is 2.26. The molecule has 0 aromatic heterocycles. The molecule has 148 valence electrons. The minimum Gasteiger partial charge on any atom is -0.481 e. The number of carbonyl (C=O) groups excluding carboxylic acids is 1. The van der Waals surface area contributed by atoms with Crippen LogP contribution in [0.1, 0.15) is 62.4 Å². The van der Waals surface area contributed by atoms with Crippen LogP contribution in [0.2, 0.25) is 0 Å². The van der Waals surface area contributed by atoms with Crippen LogP contribution in [-0.4, -0.2) is 59.0 Å². The summed E-state index contributed by atoms with van der Waals surface area (Å²) < 4.78 is 0. The van der Waals surface area contributed by atoms with E-state index in [1.54, 1.807) is 0 Å². The summed E-state index contributed by atoms with van der Waals surface area (Å²) in [4.78, 5) is 28.4. The predicted octanol–water partition coefficient (Wildman–Crippen LogP) is 3.39. The van der Waals surface area contributed by atoms with Crippen LogP contribution < -0.4 is 0 Å². The smallest absolute Gasteiger partial charge is 0.307 e. The molecule has 3 rings (SSSR count). The summed E-state index contributed by atoms with van der Waals surface area (Å²) in [5, 5.41) is 9.29. The van der Waals surface area contributed by atoms with E-state index in [4.69, 9.17) is 0 Å². The summed E-state index contributed by atoms with van der Waals surface area (Å²) in [6, 6.07) is 8.40. The highest BCUT2D eigenvalue weighted by molar-refractivity contribution is 5.94. The second-order valence-corrected chi connectivity index (χ2v) is 9.02. The molecule has 0 saturated carbocycles. The Bertz CT molecular complexity index is 670. The molecule has 1 N–H and O–H groups in total. The first-order chi connectivity index (χ1) is 12.8. The number of hydrogen-bond acceptors (Lipinski definition) is 3. The highest BCUT2D eigenvalue weighted by Gasteiger charge is 2.32. The molecule has 0 bridgehead atoms. The summed E-state index contributed by atoms with van der Waals surface area (Å²) in [6.07, 6.45) is 3.60. The van der Waals surface area contributed by atoms with Crippen molar-refractivity contribution in [1.29, 1.82) is 0 Å². The molecule has 5 nitrogen and oxygen atoms in total.